The molecule has 6 heteroatoms. The monoisotopic (exact) mass is 329 g/mol. The molecule has 0 unspecified atom stereocenters. The molecule has 3 N–H and O–H groups in total. The van der Waals surface area contributed by atoms with Gasteiger partial charge in [-0.2, -0.15) is 0 Å². The molecule has 0 spiro atoms. The lowest BCUT2D eigenvalue weighted by molar-refractivity contribution is -0.147. The number of ether oxygens (including phenoxy) is 1. The van der Waals surface area contributed by atoms with Crippen molar-refractivity contribution in [3.05, 3.63) is 30.0 Å². The highest BCUT2D eigenvalue weighted by molar-refractivity contribution is 5.99. The van der Waals surface area contributed by atoms with Crippen molar-refractivity contribution in [2.75, 3.05) is 11.9 Å². The lowest BCUT2D eigenvalue weighted by Gasteiger charge is -2.24. The fraction of sp³-hybridized carbons (Fsp3) is 0.444. The number of aromatic amines is 1. The van der Waals surface area contributed by atoms with E-state index < -0.39 is 18.1 Å². The van der Waals surface area contributed by atoms with Crippen LogP contribution in [-0.4, -0.2) is 35.6 Å². The maximum atomic E-state index is 12.7. The highest BCUT2D eigenvalue weighted by atomic mass is 16.5. The first-order chi connectivity index (χ1) is 11.5. The molecule has 1 aliphatic rings. The van der Waals surface area contributed by atoms with Gasteiger partial charge >= 0.3 is 5.97 Å². The zero-order chi connectivity index (χ0) is 17.3. The van der Waals surface area contributed by atoms with Gasteiger partial charge in [0.05, 0.1) is 6.61 Å². The summed E-state index contributed by atoms with van der Waals surface area (Å²) >= 11 is 0. The second kappa shape index (κ2) is 6.55. The van der Waals surface area contributed by atoms with E-state index in [2.05, 4.69) is 15.6 Å². The van der Waals surface area contributed by atoms with Crippen molar-refractivity contribution in [3.63, 3.8) is 0 Å². The summed E-state index contributed by atoms with van der Waals surface area (Å²) in [6, 6.07) is 4.79. The molecular weight excluding hydrogens is 306 g/mol. The van der Waals surface area contributed by atoms with E-state index in [1.54, 1.807) is 6.92 Å². The number of hydrogen-bond acceptors (Lipinski definition) is 4. The molecule has 1 amide bonds. The fourth-order valence-corrected chi connectivity index (χ4v) is 3.16. The number of H-pyrrole nitrogens is 1. The van der Waals surface area contributed by atoms with Gasteiger partial charge in [-0.05, 0) is 30.5 Å². The van der Waals surface area contributed by atoms with Gasteiger partial charge in [-0.15, -0.1) is 0 Å². The molecule has 0 saturated carbocycles. The average Bonchev–Trinajstić information content (AvgIpc) is 2.96. The number of carbonyl (C=O) groups excluding carboxylic acids is 2. The molecular formula is C18H23N3O3. The van der Waals surface area contributed by atoms with Crippen molar-refractivity contribution in [2.45, 2.75) is 39.3 Å². The van der Waals surface area contributed by atoms with Gasteiger partial charge in [0, 0.05) is 29.2 Å². The smallest absolute Gasteiger partial charge is 0.328 e. The Morgan fingerprint density at radius 1 is 1.33 bits per heavy atom. The lowest BCUT2D eigenvalue weighted by atomic mass is 10.0. The number of aromatic nitrogens is 1. The van der Waals surface area contributed by atoms with Crippen LogP contribution in [-0.2, 0) is 20.7 Å². The molecule has 0 bridgehead atoms. The molecule has 128 valence electrons. The van der Waals surface area contributed by atoms with E-state index in [-0.39, 0.29) is 18.4 Å². The molecule has 24 heavy (non-hydrogen) atoms. The Kier molecular flexibility index (Phi) is 4.46. The average molecular weight is 329 g/mol. The minimum Gasteiger partial charge on any atom is -0.464 e. The van der Waals surface area contributed by atoms with Gasteiger partial charge in [0.15, 0.2) is 0 Å². The summed E-state index contributed by atoms with van der Waals surface area (Å²) in [5.74, 6) is -0.514. The Labute approximate surface area is 141 Å². The molecule has 1 aromatic heterocycles. The second-order valence-corrected chi connectivity index (χ2v) is 6.43. The van der Waals surface area contributed by atoms with Gasteiger partial charge in [0.2, 0.25) is 5.91 Å². The first kappa shape index (κ1) is 16.4. The van der Waals surface area contributed by atoms with Crippen LogP contribution in [0.2, 0.25) is 0 Å². The first-order valence-electron chi connectivity index (χ1n) is 8.33. The van der Waals surface area contributed by atoms with Crippen LogP contribution in [0.25, 0.3) is 10.9 Å². The summed E-state index contributed by atoms with van der Waals surface area (Å²) in [4.78, 5) is 28.2. The Morgan fingerprint density at radius 3 is 2.83 bits per heavy atom. The standard InChI is InChI=1S/C18H23N3O3/c1-4-24-18(23)14-8-11-9-19-12-6-5-7-13(15(11)12)20-16(10(2)3)17(22)21-14/h5-7,9-10,14,16,19-20H,4,8H2,1-3H3,(H,21,22)/t14-,16+/m1/s1. The number of rotatable bonds is 3. The van der Waals surface area contributed by atoms with Crippen molar-refractivity contribution >= 4 is 28.5 Å². The molecule has 6 nitrogen and oxygen atoms in total. The number of hydrogen-bond donors (Lipinski definition) is 3. The summed E-state index contributed by atoms with van der Waals surface area (Å²) in [5.41, 5.74) is 2.87. The topological polar surface area (TPSA) is 83.2 Å². The van der Waals surface area contributed by atoms with Crippen LogP contribution in [0, 0.1) is 5.92 Å². The normalized spacial score (nSPS) is 20.8. The Bertz CT molecular complexity index is 766. The molecule has 1 aromatic carbocycles. The summed E-state index contributed by atoms with van der Waals surface area (Å²) < 4.78 is 5.14. The Balaban J connectivity index is 2.09. The third-order valence-electron chi connectivity index (χ3n) is 4.36. The minimum atomic E-state index is -0.689. The maximum absolute atomic E-state index is 12.7. The fourth-order valence-electron chi connectivity index (χ4n) is 3.16. The van der Waals surface area contributed by atoms with Crippen LogP contribution in [0.1, 0.15) is 26.3 Å². The molecule has 3 rings (SSSR count). The summed E-state index contributed by atoms with van der Waals surface area (Å²) in [5, 5.41) is 7.22. The summed E-state index contributed by atoms with van der Waals surface area (Å²) in [6.45, 7) is 6.01. The van der Waals surface area contributed by atoms with E-state index in [9.17, 15) is 9.59 Å². The molecule has 2 aromatic rings. The molecule has 0 fully saturated rings. The van der Waals surface area contributed by atoms with E-state index in [1.165, 1.54) is 0 Å². The SMILES string of the molecule is CCOC(=O)[C@H]1Cc2c[nH]c3cccc(c23)N[C@@H](C(C)C)C(=O)N1. The van der Waals surface area contributed by atoms with Crippen molar-refractivity contribution < 1.29 is 14.3 Å². The molecule has 2 heterocycles. The van der Waals surface area contributed by atoms with Crippen molar-refractivity contribution in [2.24, 2.45) is 5.92 Å². The van der Waals surface area contributed by atoms with Gasteiger partial charge in [-0.1, -0.05) is 19.9 Å². The second-order valence-electron chi connectivity index (χ2n) is 6.43. The van der Waals surface area contributed by atoms with Crippen molar-refractivity contribution in [3.8, 4) is 0 Å². The zero-order valence-electron chi connectivity index (χ0n) is 14.2. The molecule has 0 saturated heterocycles. The first-order valence-corrected chi connectivity index (χ1v) is 8.33. The van der Waals surface area contributed by atoms with Gasteiger partial charge in [0.25, 0.3) is 0 Å². The number of benzene rings is 1. The molecule has 0 aliphatic carbocycles. The highest BCUT2D eigenvalue weighted by Gasteiger charge is 2.31. The van der Waals surface area contributed by atoms with Crippen LogP contribution >= 0.6 is 0 Å². The van der Waals surface area contributed by atoms with Gasteiger partial charge in [0.1, 0.15) is 12.1 Å². The third kappa shape index (κ3) is 2.96. The van der Waals surface area contributed by atoms with Gasteiger partial charge in [-0.25, -0.2) is 4.79 Å². The van der Waals surface area contributed by atoms with E-state index in [0.717, 1.165) is 22.2 Å². The number of amides is 1. The van der Waals surface area contributed by atoms with Crippen LogP contribution in [0.15, 0.2) is 24.4 Å². The molecule has 0 radical (unpaired) electrons. The number of esters is 1. The van der Waals surface area contributed by atoms with E-state index >= 15 is 0 Å². The van der Waals surface area contributed by atoms with Crippen LogP contribution in [0.5, 0.6) is 0 Å². The van der Waals surface area contributed by atoms with Crippen LogP contribution < -0.4 is 10.6 Å². The summed E-state index contributed by atoms with van der Waals surface area (Å²) in [7, 11) is 0. The third-order valence-corrected chi connectivity index (χ3v) is 4.36. The number of carbonyl (C=O) groups is 2. The van der Waals surface area contributed by atoms with Crippen LogP contribution in [0.3, 0.4) is 0 Å². The predicted octanol–water partition coefficient (Wildman–Crippen LogP) is 2.21. The maximum Gasteiger partial charge on any atom is 0.328 e. The lowest BCUT2D eigenvalue weighted by Crippen LogP contribution is -2.50. The Hall–Kier alpha value is -2.50. The quantitative estimate of drug-likeness (QED) is 0.754. The van der Waals surface area contributed by atoms with E-state index in [0.29, 0.717) is 6.42 Å². The van der Waals surface area contributed by atoms with Crippen molar-refractivity contribution in [1.82, 2.24) is 10.3 Å². The van der Waals surface area contributed by atoms with E-state index in [4.69, 9.17) is 4.74 Å². The van der Waals surface area contributed by atoms with Gasteiger partial charge in [-0.3, -0.25) is 4.79 Å². The minimum absolute atomic E-state index is 0.0728. The van der Waals surface area contributed by atoms with E-state index in [1.807, 2.05) is 38.2 Å². The molecule has 2 atom stereocenters. The molecule has 1 aliphatic heterocycles. The van der Waals surface area contributed by atoms with Gasteiger partial charge < -0.3 is 20.4 Å². The van der Waals surface area contributed by atoms with Crippen LogP contribution in [0.4, 0.5) is 5.69 Å². The largest absolute Gasteiger partial charge is 0.464 e. The summed E-state index contributed by atoms with van der Waals surface area (Å²) in [6.07, 6.45) is 2.29. The van der Waals surface area contributed by atoms with Crippen molar-refractivity contribution in [1.29, 1.82) is 0 Å². The zero-order valence-corrected chi connectivity index (χ0v) is 14.2. The Morgan fingerprint density at radius 2 is 2.12 bits per heavy atom. The predicted molar refractivity (Wildman–Crippen MR) is 92.8 cm³/mol. The number of anilines is 1. The highest BCUT2D eigenvalue weighted by Crippen LogP contribution is 2.30. The number of nitrogens with one attached hydrogen (secondary N) is 3.